The average Bonchev–Trinajstić information content (AvgIpc) is 3.51. The molecule has 4 aromatic rings. The van der Waals surface area contributed by atoms with Crippen molar-refractivity contribution in [2.24, 2.45) is 11.8 Å². The smallest absolute Gasteiger partial charge is 0.225 e. The van der Waals surface area contributed by atoms with Gasteiger partial charge in [-0.1, -0.05) is 19.9 Å². The maximum Gasteiger partial charge on any atom is 0.225 e. The van der Waals surface area contributed by atoms with Gasteiger partial charge in [-0.25, -0.2) is 18.7 Å². The van der Waals surface area contributed by atoms with Crippen LogP contribution < -0.4 is 15.4 Å². The number of hydrogen-bond donors (Lipinski definition) is 2. The van der Waals surface area contributed by atoms with Gasteiger partial charge in [-0.3, -0.25) is 0 Å². The first-order valence-corrected chi connectivity index (χ1v) is 13.6. The van der Waals surface area contributed by atoms with Crippen molar-refractivity contribution >= 4 is 22.7 Å². The van der Waals surface area contributed by atoms with Crippen molar-refractivity contribution in [1.29, 1.82) is 0 Å². The summed E-state index contributed by atoms with van der Waals surface area (Å²) in [5.41, 5.74) is 2.78. The van der Waals surface area contributed by atoms with Crippen molar-refractivity contribution in [1.82, 2.24) is 15.0 Å². The molecule has 1 saturated carbocycles. The summed E-state index contributed by atoms with van der Waals surface area (Å²) in [7, 11) is 0. The summed E-state index contributed by atoms with van der Waals surface area (Å²) >= 11 is 0. The van der Waals surface area contributed by atoms with Crippen LogP contribution in [0.5, 0.6) is 5.88 Å². The van der Waals surface area contributed by atoms with Crippen molar-refractivity contribution in [3.8, 4) is 17.2 Å². The van der Waals surface area contributed by atoms with Gasteiger partial charge in [-0.05, 0) is 70.1 Å². The zero-order valence-electron chi connectivity index (χ0n) is 23.1. The Morgan fingerprint density at radius 3 is 2.51 bits per heavy atom. The third kappa shape index (κ3) is 5.67. The standard InChI is InChI=1S/C30H35F2N5O2/c1-6-38-26-14-20-13-25(39-28(20)18(5)34-26)27-17(4)35-30(33-15-22-23(31)8-7-9-24(22)32)37-29(27)36-21-11-10-19(12-21)16(2)3/h7-9,13-14,16,19,21H,6,10-12,15H2,1-5H3,(H2,33,35,36,37). The van der Waals surface area contributed by atoms with E-state index in [0.29, 0.717) is 47.2 Å². The number of ether oxygens (including phenoxy) is 1. The van der Waals surface area contributed by atoms with E-state index < -0.39 is 11.6 Å². The van der Waals surface area contributed by atoms with Crippen LogP contribution in [-0.2, 0) is 6.54 Å². The first-order valence-electron chi connectivity index (χ1n) is 13.6. The first-order chi connectivity index (χ1) is 18.7. The van der Waals surface area contributed by atoms with Gasteiger partial charge in [0.1, 0.15) is 23.2 Å². The zero-order valence-corrected chi connectivity index (χ0v) is 23.1. The van der Waals surface area contributed by atoms with Gasteiger partial charge in [-0.2, -0.15) is 4.98 Å². The van der Waals surface area contributed by atoms with Crippen molar-refractivity contribution in [2.45, 2.75) is 66.5 Å². The molecule has 1 aliphatic carbocycles. The molecule has 1 fully saturated rings. The van der Waals surface area contributed by atoms with Crippen LogP contribution in [0, 0.1) is 37.3 Å². The number of furan rings is 1. The van der Waals surface area contributed by atoms with Crippen LogP contribution in [0.2, 0.25) is 0 Å². The quantitative estimate of drug-likeness (QED) is 0.231. The normalized spacial score (nSPS) is 17.2. The predicted molar refractivity (Wildman–Crippen MR) is 149 cm³/mol. The molecule has 2 N–H and O–H groups in total. The lowest BCUT2D eigenvalue weighted by molar-refractivity contribution is 0.326. The van der Waals surface area contributed by atoms with E-state index in [4.69, 9.17) is 14.1 Å². The third-order valence-electron chi connectivity index (χ3n) is 7.52. The van der Waals surface area contributed by atoms with E-state index >= 15 is 0 Å². The molecule has 2 unspecified atom stereocenters. The lowest BCUT2D eigenvalue weighted by Crippen LogP contribution is -2.19. The summed E-state index contributed by atoms with van der Waals surface area (Å²) in [6.07, 6.45) is 3.24. The number of nitrogens with zero attached hydrogens (tertiary/aromatic N) is 3. The maximum absolute atomic E-state index is 14.2. The van der Waals surface area contributed by atoms with Crippen LogP contribution in [0.4, 0.5) is 20.5 Å². The Hall–Kier alpha value is -3.75. The van der Waals surface area contributed by atoms with E-state index in [2.05, 4.69) is 34.4 Å². The third-order valence-corrected chi connectivity index (χ3v) is 7.52. The topological polar surface area (TPSA) is 85.1 Å². The predicted octanol–water partition coefficient (Wildman–Crippen LogP) is 7.43. The van der Waals surface area contributed by atoms with Gasteiger partial charge in [0, 0.05) is 29.6 Å². The number of hydrogen-bond acceptors (Lipinski definition) is 7. The second-order valence-corrected chi connectivity index (χ2v) is 10.6. The maximum atomic E-state index is 14.2. The van der Waals surface area contributed by atoms with Crippen LogP contribution in [-0.4, -0.2) is 27.6 Å². The second kappa shape index (κ2) is 11.2. The van der Waals surface area contributed by atoms with Gasteiger partial charge in [0.05, 0.1) is 23.6 Å². The molecule has 9 heteroatoms. The number of pyridine rings is 1. The molecule has 0 spiro atoms. The molecule has 39 heavy (non-hydrogen) atoms. The molecule has 2 atom stereocenters. The number of benzene rings is 1. The van der Waals surface area contributed by atoms with Gasteiger partial charge in [-0.15, -0.1) is 0 Å². The van der Waals surface area contributed by atoms with Crippen molar-refractivity contribution in [2.75, 3.05) is 17.2 Å². The highest BCUT2D eigenvalue weighted by atomic mass is 19.1. The van der Waals surface area contributed by atoms with Gasteiger partial charge in [0.15, 0.2) is 5.58 Å². The zero-order chi connectivity index (χ0) is 27.7. The van der Waals surface area contributed by atoms with Crippen molar-refractivity contribution in [3.05, 3.63) is 58.9 Å². The van der Waals surface area contributed by atoms with E-state index in [0.717, 1.165) is 35.9 Å². The number of halogens is 2. The Balaban J connectivity index is 1.52. The minimum Gasteiger partial charge on any atom is -0.478 e. The van der Waals surface area contributed by atoms with E-state index in [-0.39, 0.29) is 24.1 Å². The number of fused-ring (bicyclic) bond motifs is 1. The van der Waals surface area contributed by atoms with Crippen LogP contribution in [0.25, 0.3) is 22.3 Å². The fraction of sp³-hybridized carbons (Fsp3) is 0.433. The summed E-state index contributed by atoms with van der Waals surface area (Å²) in [6.45, 7) is 10.7. The van der Waals surface area contributed by atoms with Gasteiger partial charge >= 0.3 is 0 Å². The molecule has 3 heterocycles. The Labute approximate surface area is 227 Å². The Kier molecular flexibility index (Phi) is 7.68. The van der Waals surface area contributed by atoms with Crippen LogP contribution in [0.1, 0.15) is 57.0 Å². The van der Waals surface area contributed by atoms with E-state index in [1.807, 2.05) is 32.9 Å². The Morgan fingerprint density at radius 1 is 1.05 bits per heavy atom. The second-order valence-electron chi connectivity index (χ2n) is 10.6. The average molecular weight is 536 g/mol. The molecule has 0 aliphatic heterocycles. The number of nitrogens with one attached hydrogen (secondary N) is 2. The monoisotopic (exact) mass is 535 g/mol. The summed E-state index contributed by atoms with van der Waals surface area (Å²) in [4.78, 5) is 13.9. The fourth-order valence-corrected chi connectivity index (χ4v) is 5.39. The largest absolute Gasteiger partial charge is 0.478 e. The number of rotatable bonds is 9. The number of aryl methyl sites for hydroxylation is 2. The van der Waals surface area contributed by atoms with Gasteiger partial charge in [0.25, 0.3) is 0 Å². The van der Waals surface area contributed by atoms with Crippen LogP contribution >= 0.6 is 0 Å². The van der Waals surface area contributed by atoms with E-state index in [1.165, 1.54) is 18.2 Å². The summed E-state index contributed by atoms with van der Waals surface area (Å²) < 4.78 is 40.4. The highest BCUT2D eigenvalue weighted by Crippen LogP contribution is 2.39. The molecule has 0 amide bonds. The fourth-order valence-electron chi connectivity index (χ4n) is 5.39. The van der Waals surface area contributed by atoms with E-state index in [9.17, 15) is 8.78 Å². The van der Waals surface area contributed by atoms with Crippen molar-refractivity contribution in [3.63, 3.8) is 0 Å². The van der Waals surface area contributed by atoms with Gasteiger partial charge in [0.2, 0.25) is 11.8 Å². The van der Waals surface area contributed by atoms with Gasteiger partial charge < -0.3 is 19.8 Å². The summed E-state index contributed by atoms with van der Waals surface area (Å²) in [5, 5.41) is 7.54. The molecule has 0 bridgehead atoms. The summed E-state index contributed by atoms with van der Waals surface area (Å²) in [6, 6.07) is 7.90. The number of aromatic nitrogens is 3. The molecule has 7 nitrogen and oxygen atoms in total. The highest BCUT2D eigenvalue weighted by molar-refractivity contribution is 5.88. The Morgan fingerprint density at radius 2 is 1.82 bits per heavy atom. The van der Waals surface area contributed by atoms with Crippen molar-refractivity contribution < 1.29 is 17.9 Å². The number of anilines is 2. The minimum absolute atomic E-state index is 0.0572. The molecule has 1 aliphatic rings. The highest BCUT2D eigenvalue weighted by Gasteiger charge is 2.29. The lowest BCUT2D eigenvalue weighted by atomic mass is 9.94. The lowest BCUT2D eigenvalue weighted by Gasteiger charge is -2.19. The van der Waals surface area contributed by atoms with Crippen LogP contribution in [0.15, 0.2) is 34.7 Å². The molecule has 1 aromatic carbocycles. The molecule has 206 valence electrons. The molecule has 0 saturated heterocycles. The first kappa shape index (κ1) is 26.8. The molecule has 0 radical (unpaired) electrons. The molecule has 3 aromatic heterocycles. The summed E-state index contributed by atoms with van der Waals surface area (Å²) in [5.74, 6) is 2.11. The molecular formula is C30H35F2N5O2. The SMILES string of the molecule is CCOc1cc2cc(-c3c(C)nc(NCc4c(F)cccc4F)nc3NC3CCC(C(C)C)C3)oc2c(C)n1. The van der Waals surface area contributed by atoms with E-state index in [1.54, 1.807) is 0 Å². The minimum atomic E-state index is -0.613. The molecular weight excluding hydrogens is 500 g/mol. The van der Waals surface area contributed by atoms with Crippen LogP contribution in [0.3, 0.4) is 0 Å². The Bertz CT molecular complexity index is 1470. The molecule has 5 rings (SSSR count).